The monoisotopic (exact) mass is 420 g/mol. The number of nitrogens with one attached hydrogen (secondary N) is 1. The lowest BCUT2D eigenvalue weighted by Gasteiger charge is -2.12. The topological polar surface area (TPSA) is 59.9 Å². The summed E-state index contributed by atoms with van der Waals surface area (Å²) in [7, 11) is 1.54. The van der Waals surface area contributed by atoms with E-state index in [-0.39, 0.29) is 18.1 Å². The van der Waals surface area contributed by atoms with Crippen LogP contribution in [0, 0.1) is 5.82 Å². The van der Waals surface area contributed by atoms with E-state index in [9.17, 15) is 9.18 Å². The van der Waals surface area contributed by atoms with E-state index >= 15 is 0 Å². The average molecular weight is 421 g/mol. The predicted octanol–water partition coefficient (Wildman–Crippen LogP) is 3.85. The van der Waals surface area contributed by atoms with Gasteiger partial charge < -0.3 is 9.47 Å². The number of hydrazone groups is 1. The Morgan fingerprint density at radius 3 is 2.73 bits per heavy atom. The zero-order valence-electron chi connectivity index (χ0n) is 14.2. The number of carbonyl (C=O) groups excluding carboxylic acids is 1. The van der Waals surface area contributed by atoms with E-state index in [1.807, 2.05) is 0 Å². The van der Waals surface area contributed by atoms with E-state index in [1.165, 1.54) is 25.5 Å². The molecule has 0 radical (unpaired) electrons. The van der Waals surface area contributed by atoms with Crippen LogP contribution >= 0.6 is 15.9 Å². The maximum absolute atomic E-state index is 12.9. The minimum absolute atomic E-state index is 0.110. The van der Waals surface area contributed by atoms with Crippen LogP contribution in [0.2, 0.25) is 0 Å². The Hall–Kier alpha value is -2.67. The number of ether oxygens (including phenoxy) is 2. The number of methoxy groups -OCH3 is 1. The van der Waals surface area contributed by atoms with Crippen molar-refractivity contribution in [1.82, 2.24) is 5.43 Å². The highest BCUT2D eigenvalue weighted by Crippen LogP contribution is 2.36. The molecule has 0 bridgehead atoms. The number of hydrogen-bond donors (Lipinski definition) is 1. The molecule has 0 saturated heterocycles. The van der Waals surface area contributed by atoms with Crippen LogP contribution in [0.15, 0.2) is 58.6 Å². The van der Waals surface area contributed by atoms with E-state index in [2.05, 4.69) is 33.0 Å². The van der Waals surface area contributed by atoms with Gasteiger partial charge in [0.1, 0.15) is 12.4 Å². The number of carbonyl (C=O) groups is 1. The SMILES string of the molecule is C=CCOc1c(Br)cc(/C=N/NC(=O)Cc2ccc(F)cc2)cc1OC. The molecule has 7 heteroatoms. The number of hydrogen-bond acceptors (Lipinski definition) is 4. The van der Waals surface area contributed by atoms with E-state index in [0.29, 0.717) is 33.7 Å². The molecule has 1 amide bonds. The zero-order valence-corrected chi connectivity index (χ0v) is 15.8. The van der Waals surface area contributed by atoms with Crippen LogP contribution in [-0.2, 0) is 11.2 Å². The standard InChI is InChI=1S/C19H18BrFN2O3/c1-3-8-26-19-16(20)9-14(10-17(19)25-2)12-22-23-18(24)11-13-4-6-15(21)7-5-13/h3-7,9-10,12H,1,8,11H2,2H3,(H,23,24)/b22-12+. The highest BCUT2D eigenvalue weighted by Gasteiger charge is 2.10. The zero-order chi connectivity index (χ0) is 18.9. The molecule has 0 unspecified atom stereocenters. The Bertz CT molecular complexity index is 807. The largest absolute Gasteiger partial charge is 0.493 e. The minimum atomic E-state index is -0.341. The first-order chi connectivity index (χ1) is 12.5. The van der Waals surface area contributed by atoms with E-state index in [4.69, 9.17) is 9.47 Å². The molecular weight excluding hydrogens is 403 g/mol. The Kier molecular flexibility index (Phi) is 7.35. The second kappa shape index (κ2) is 9.72. The highest BCUT2D eigenvalue weighted by atomic mass is 79.9. The normalized spacial score (nSPS) is 10.6. The maximum Gasteiger partial charge on any atom is 0.244 e. The molecule has 0 aliphatic rings. The second-order valence-electron chi connectivity index (χ2n) is 5.23. The van der Waals surface area contributed by atoms with Crippen molar-refractivity contribution in [2.24, 2.45) is 5.10 Å². The highest BCUT2D eigenvalue weighted by molar-refractivity contribution is 9.10. The van der Waals surface area contributed by atoms with Crippen molar-refractivity contribution in [1.29, 1.82) is 0 Å². The summed E-state index contributed by atoms with van der Waals surface area (Å²) >= 11 is 3.42. The van der Waals surface area contributed by atoms with Gasteiger partial charge in [-0.2, -0.15) is 5.10 Å². The first kappa shape index (κ1) is 19.7. The van der Waals surface area contributed by atoms with Gasteiger partial charge in [0.2, 0.25) is 5.91 Å². The summed E-state index contributed by atoms with van der Waals surface area (Å²) in [6, 6.07) is 9.26. The minimum Gasteiger partial charge on any atom is -0.493 e. The van der Waals surface area contributed by atoms with Crippen molar-refractivity contribution in [3.63, 3.8) is 0 Å². The fourth-order valence-corrected chi connectivity index (χ4v) is 2.68. The molecule has 2 aromatic rings. The van der Waals surface area contributed by atoms with Crippen molar-refractivity contribution < 1.29 is 18.7 Å². The van der Waals surface area contributed by atoms with Gasteiger partial charge in [0.25, 0.3) is 0 Å². The number of benzene rings is 2. The van der Waals surface area contributed by atoms with Gasteiger partial charge in [-0.25, -0.2) is 9.82 Å². The first-order valence-corrected chi connectivity index (χ1v) is 8.50. The molecule has 0 saturated carbocycles. The van der Waals surface area contributed by atoms with Gasteiger partial charge in [-0.15, -0.1) is 0 Å². The van der Waals surface area contributed by atoms with Gasteiger partial charge in [0, 0.05) is 0 Å². The molecule has 2 aromatic carbocycles. The van der Waals surface area contributed by atoms with Crippen LogP contribution in [-0.4, -0.2) is 25.8 Å². The summed E-state index contributed by atoms with van der Waals surface area (Å²) in [4.78, 5) is 11.9. The van der Waals surface area contributed by atoms with E-state index in [0.717, 1.165) is 0 Å². The van der Waals surface area contributed by atoms with Gasteiger partial charge >= 0.3 is 0 Å². The van der Waals surface area contributed by atoms with Crippen molar-refractivity contribution >= 4 is 28.1 Å². The predicted molar refractivity (Wildman–Crippen MR) is 102 cm³/mol. The van der Waals surface area contributed by atoms with Crippen LogP contribution in [0.25, 0.3) is 0 Å². The fraction of sp³-hybridized carbons (Fsp3) is 0.158. The summed E-state index contributed by atoms with van der Waals surface area (Å²) in [5.74, 6) is 0.447. The summed E-state index contributed by atoms with van der Waals surface area (Å²) < 4.78 is 24.4. The Balaban J connectivity index is 2.00. The Labute approximate surface area is 159 Å². The van der Waals surface area contributed by atoms with Crippen LogP contribution in [0.1, 0.15) is 11.1 Å². The summed E-state index contributed by atoms with van der Waals surface area (Å²) in [6.07, 6.45) is 3.24. The number of rotatable bonds is 8. The maximum atomic E-state index is 12.9. The lowest BCUT2D eigenvalue weighted by atomic mass is 10.1. The lowest BCUT2D eigenvalue weighted by molar-refractivity contribution is -0.120. The quantitative estimate of drug-likeness (QED) is 0.400. The summed E-state index contributed by atoms with van der Waals surface area (Å²) in [6.45, 7) is 3.96. The van der Waals surface area contributed by atoms with Crippen LogP contribution in [0.5, 0.6) is 11.5 Å². The summed E-state index contributed by atoms with van der Waals surface area (Å²) in [5, 5.41) is 3.93. The molecule has 0 fully saturated rings. The number of nitrogens with zero attached hydrogens (tertiary/aromatic N) is 1. The van der Waals surface area contributed by atoms with Gasteiger partial charge in [-0.3, -0.25) is 4.79 Å². The molecule has 1 N–H and O–H groups in total. The Morgan fingerprint density at radius 1 is 1.35 bits per heavy atom. The third kappa shape index (κ3) is 5.70. The molecule has 5 nitrogen and oxygen atoms in total. The molecule has 0 aromatic heterocycles. The van der Waals surface area contributed by atoms with Crippen LogP contribution < -0.4 is 14.9 Å². The molecule has 0 atom stereocenters. The molecule has 0 spiro atoms. The molecule has 26 heavy (non-hydrogen) atoms. The van der Waals surface area contributed by atoms with Gasteiger partial charge in [-0.1, -0.05) is 24.8 Å². The molecule has 0 aliphatic carbocycles. The third-order valence-electron chi connectivity index (χ3n) is 3.28. The molecule has 136 valence electrons. The van der Waals surface area contributed by atoms with Crippen molar-refractivity contribution in [3.8, 4) is 11.5 Å². The second-order valence-corrected chi connectivity index (χ2v) is 6.08. The van der Waals surface area contributed by atoms with Crippen LogP contribution in [0.3, 0.4) is 0 Å². The lowest BCUT2D eigenvalue weighted by Crippen LogP contribution is -2.19. The van der Waals surface area contributed by atoms with Crippen molar-refractivity contribution in [2.75, 3.05) is 13.7 Å². The van der Waals surface area contributed by atoms with E-state index in [1.54, 1.807) is 30.3 Å². The number of halogens is 2. The van der Waals surface area contributed by atoms with Crippen LogP contribution in [0.4, 0.5) is 4.39 Å². The molecule has 2 rings (SSSR count). The van der Waals surface area contributed by atoms with Crippen molar-refractivity contribution in [3.05, 3.63) is 70.5 Å². The van der Waals surface area contributed by atoms with Gasteiger partial charge in [0.05, 0.1) is 24.2 Å². The van der Waals surface area contributed by atoms with E-state index < -0.39 is 0 Å². The molecule has 0 heterocycles. The fourth-order valence-electron chi connectivity index (χ4n) is 2.10. The van der Waals surface area contributed by atoms with Gasteiger partial charge in [0.15, 0.2) is 11.5 Å². The third-order valence-corrected chi connectivity index (χ3v) is 3.87. The average Bonchev–Trinajstić information content (AvgIpc) is 2.62. The summed E-state index contributed by atoms with van der Waals surface area (Å²) in [5.41, 5.74) is 3.85. The first-order valence-electron chi connectivity index (χ1n) is 7.71. The van der Waals surface area contributed by atoms with Crippen molar-refractivity contribution in [2.45, 2.75) is 6.42 Å². The van der Waals surface area contributed by atoms with Gasteiger partial charge in [-0.05, 0) is 51.3 Å². The molecule has 0 aliphatic heterocycles. The number of amides is 1. The Morgan fingerprint density at radius 2 is 2.08 bits per heavy atom. The smallest absolute Gasteiger partial charge is 0.244 e. The molecular formula is C19H18BrFN2O3.